The third kappa shape index (κ3) is 3.56. The summed E-state index contributed by atoms with van der Waals surface area (Å²) < 4.78 is 12.7. The second kappa shape index (κ2) is 7.51. The fraction of sp³-hybridized carbons (Fsp3) is 0.391. The number of benzene rings is 1. The Labute approximate surface area is 184 Å². The summed E-state index contributed by atoms with van der Waals surface area (Å²) in [4.78, 5) is 16.5. The minimum atomic E-state index is -0.646. The number of aromatic amines is 1. The average Bonchev–Trinajstić information content (AvgIpc) is 3.26. The fourth-order valence-electron chi connectivity index (χ4n) is 4.40. The molecule has 31 heavy (non-hydrogen) atoms. The van der Waals surface area contributed by atoms with Crippen LogP contribution in [0.25, 0.3) is 22.4 Å². The first-order valence-corrected chi connectivity index (χ1v) is 10.7. The van der Waals surface area contributed by atoms with Gasteiger partial charge in [0, 0.05) is 33.6 Å². The van der Waals surface area contributed by atoms with Gasteiger partial charge in [0.25, 0.3) is 0 Å². The van der Waals surface area contributed by atoms with Crippen molar-refractivity contribution in [2.75, 3.05) is 13.2 Å². The number of nitrogens with zero attached hydrogens (tertiary/aromatic N) is 2. The number of nitrogens with one attached hydrogen (secondary N) is 1. The Bertz CT molecular complexity index is 1140. The molecule has 1 aliphatic carbocycles. The van der Waals surface area contributed by atoms with Crippen LogP contribution in [0.4, 0.5) is 0 Å². The summed E-state index contributed by atoms with van der Waals surface area (Å²) in [6.07, 6.45) is 4.61. The molecule has 3 heterocycles. The summed E-state index contributed by atoms with van der Waals surface area (Å²) in [6.45, 7) is 4.62. The second-order valence-electron chi connectivity index (χ2n) is 8.64. The highest BCUT2D eigenvalue weighted by Gasteiger charge is 2.41. The fourth-order valence-corrected chi connectivity index (χ4v) is 4.64. The van der Waals surface area contributed by atoms with Crippen molar-refractivity contribution in [3.05, 3.63) is 52.9 Å². The van der Waals surface area contributed by atoms with E-state index >= 15 is 0 Å². The number of hydrogen-bond donors (Lipinski definition) is 2. The largest absolute Gasteiger partial charge is 0.454 e. The first kappa shape index (κ1) is 20.3. The second-order valence-corrected chi connectivity index (χ2v) is 9.05. The molecule has 1 saturated heterocycles. The highest BCUT2D eigenvalue weighted by atomic mass is 35.5. The Kier molecular flexibility index (Phi) is 4.92. The molecule has 2 fully saturated rings. The number of aliphatic hydroxyl groups is 1. The van der Waals surface area contributed by atoms with Crippen molar-refractivity contribution < 1.29 is 19.4 Å². The first-order valence-electron chi connectivity index (χ1n) is 10.4. The smallest absolute Gasteiger partial charge is 0.341 e. The lowest BCUT2D eigenvalue weighted by molar-refractivity contribution is -0.103. The van der Waals surface area contributed by atoms with E-state index < -0.39 is 11.6 Å². The maximum atomic E-state index is 13.2. The molecule has 0 radical (unpaired) electrons. The van der Waals surface area contributed by atoms with E-state index in [0.29, 0.717) is 47.9 Å². The van der Waals surface area contributed by atoms with Gasteiger partial charge in [-0.1, -0.05) is 29.8 Å². The van der Waals surface area contributed by atoms with Gasteiger partial charge < -0.3 is 19.6 Å². The molecule has 1 aromatic carbocycles. The van der Waals surface area contributed by atoms with Crippen LogP contribution < -0.4 is 0 Å². The Morgan fingerprint density at radius 1 is 1.29 bits per heavy atom. The number of carbonyl (C=O) groups is 1. The van der Waals surface area contributed by atoms with Crippen molar-refractivity contribution >= 4 is 17.6 Å². The number of esters is 1. The van der Waals surface area contributed by atoms with Gasteiger partial charge in [-0.15, -0.1) is 0 Å². The molecule has 3 aromatic rings. The molecule has 162 valence electrons. The summed E-state index contributed by atoms with van der Waals surface area (Å²) in [5, 5.41) is 15.2. The van der Waals surface area contributed by atoms with Gasteiger partial charge in [-0.05, 0) is 32.8 Å². The highest BCUT2D eigenvalue weighted by Crippen LogP contribution is 2.43. The molecule has 0 atom stereocenters. The van der Waals surface area contributed by atoms with Crippen molar-refractivity contribution in [3.8, 4) is 22.4 Å². The molecule has 8 heteroatoms. The summed E-state index contributed by atoms with van der Waals surface area (Å²) in [5.41, 5.74) is 3.62. The van der Waals surface area contributed by atoms with Gasteiger partial charge in [-0.2, -0.15) is 5.10 Å². The van der Waals surface area contributed by atoms with Gasteiger partial charge in [0.1, 0.15) is 6.10 Å². The number of ether oxygens (including phenoxy) is 2. The van der Waals surface area contributed by atoms with Crippen LogP contribution in [0, 0.1) is 6.92 Å². The number of hydrogen-bond acceptors (Lipinski definition) is 5. The number of carbonyl (C=O) groups excluding carboxylic acids is 1. The van der Waals surface area contributed by atoms with Crippen LogP contribution in [-0.2, 0) is 9.47 Å². The van der Waals surface area contributed by atoms with Crippen molar-refractivity contribution in [2.45, 2.75) is 44.4 Å². The van der Waals surface area contributed by atoms with Crippen LogP contribution in [-0.4, -0.2) is 50.8 Å². The zero-order valence-corrected chi connectivity index (χ0v) is 18.1. The lowest BCUT2D eigenvalue weighted by atomic mass is 9.77. The molecule has 5 rings (SSSR count). The van der Waals surface area contributed by atoms with Crippen LogP contribution in [0.2, 0.25) is 5.02 Å². The molecule has 0 bridgehead atoms. The van der Waals surface area contributed by atoms with Crippen LogP contribution in [0.15, 0.2) is 36.7 Å². The number of aromatic nitrogens is 3. The lowest BCUT2D eigenvalue weighted by Gasteiger charge is -2.41. The minimum absolute atomic E-state index is 0.143. The third-order valence-electron chi connectivity index (χ3n) is 6.14. The average molecular weight is 442 g/mol. The Hall–Kier alpha value is -2.61. The molecular weight excluding hydrogens is 418 g/mol. The summed E-state index contributed by atoms with van der Waals surface area (Å²) in [5.74, 6) is -0.418. The molecule has 2 aromatic heterocycles. The van der Waals surface area contributed by atoms with E-state index in [1.807, 2.05) is 36.7 Å². The number of rotatable bonds is 5. The molecule has 0 spiro atoms. The number of H-pyrrole nitrogens is 1. The zero-order valence-electron chi connectivity index (χ0n) is 17.4. The SMILES string of the molecule is Cc1c(-c2[nH]cc(-c3ccccc3Cl)c2C(=O)OC2COC2)cnn1C1CC(C)(O)C1. The normalized spacial score (nSPS) is 23.3. The standard InChI is InChI=1S/C23H24ClN3O4/c1-13-17(10-26-27(13)14-7-23(2,29)8-14)21-20(22(28)31-15-11-30-12-15)18(9-25-21)16-5-3-4-6-19(16)24/h3-6,9-10,14-15,25,29H,7-8,11-12H2,1-2H3. The van der Waals surface area contributed by atoms with E-state index in [0.717, 1.165) is 16.8 Å². The van der Waals surface area contributed by atoms with Crippen LogP contribution in [0.1, 0.15) is 41.9 Å². The topological polar surface area (TPSA) is 89.4 Å². The molecule has 1 saturated carbocycles. The van der Waals surface area contributed by atoms with Gasteiger partial charge in [0.05, 0.1) is 42.3 Å². The predicted octanol–water partition coefficient (Wildman–Crippen LogP) is 4.15. The summed E-state index contributed by atoms with van der Waals surface area (Å²) >= 11 is 6.44. The van der Waals surface area contributed by atoms with Gasteiger partial charge in [0.2, 0.25) is 0 Å². The van der Waals surface area contributed by atoms with Gasteiger partial charge in [0.15, 0.2) is 0 Å². The van der Waals surface area contributed by atoms with Crippen LogP contribution >= 0.6 is 11.6 Å². The van der Waals surface area contributed by atoms with E-state index in [2.05, 4.69) is 10.1 Å². The third-order valence-corrected chi connectivity index (χ3v) is 6.47. The van der Waals surface area contributed by atoms with Crippen molar-refractivity contribution in [2.24, 2.45) is 0 Å². The maximum absolute atomic E-state index is 13.2. The monoisotopic (exact) mass is 441 g/mol. The summed E-state index contributed by atoms with van der Waals surface area (Å²) in [6, 6.07) is 7.55. The predicted molar refractivity (Wildman–Crippen MR) is 116 cm³/mol. The van der Waals surface area contributed by atoms with Gasteiger partial charge >= 0.3 is 5.97 Å². The first-order chi connectivity index (χ1) is 14.8. The van der Waals surface area contributed by atoms with E-state index in [9.17, 15) is 9.90 Å². The van der Waals surface area contributed by atoms with Crippen molar-refractivity contribution in [1.29, 1.82) is 0 Å². The van der Waals surface area contributed by atoms with Crippen LogP contribution in [0.3, 0.4) is 0 Å². The van der Waals surface area contributed by atoms with E-state index in [4.69, 9.17) is 21.1 Å². The van der Waals surface area contributed by atoms with Gasteiger partial charge in [-0.3, -0.25) is 4.68 Å². The molecular formula is C23H24ClN3O4. The Balaban J connectivity index is 1.57. The molecule has 2 N–H and O–H groups in total. The van der Waals surface area contributed by atoms with E-state index in [1.54, 1.807) is 18.5 Å². The highest BCUT2D eigenvalue weighted by molar-refractivity contribution is 6.33. The maximum Gasteiger partial charge on any atom is 0.341 e. The quantitative estimate of drug-likeness (QED) is 0.580. The Morgan fingerprint density at radius 3 is 2.68 bits per heavy atom. The number of halogens is 1. The van der Waals surface area contributed by atoms with E-state index in [1.165, 1.54) is 0 Å². The Morgan fingerprint density at radius 2 is 2.03 bits per heavy atom. The molecule has 0 amide bonds. The minimum Gasteiger partial charge on any atom is -0.454 e. The molecule has 7 nitrogen and oxygen atoms in total. The van der Waals surface area contributed by atoms with Crippen molar-refractivity contribution in [3.63, 3.8) is 0 Å². The van der Waals surface area contributed by atoms with E-state index in [-0.39, 0.29) is 12.1 Å². The van der Waals surface area contributed by atoms with Gasteiger partial charge in [-0.25, -0.2) is 4.79 Å². The van der Waals surface area contributed by atoms with Crippen LogP contribution in [0.5, 0.6) is 0 Å². The molecule has 0 unspecified atom stereocenters. The molecule has 2 aliphatic rings. The van der Waals surface area contributed by atoms with Crippen molar-refractivity contribution in [1.82, 2.24) is 14.8 Å². The lowest BCUT2D eigenvalue weighted by Crippen LogP contribution is -2.42. The molecule has 1 aliphatic heterocycles. The zero-order chi connectivity index (χ0) is 21.8. The summed E-state index contributed by atoms with van der Waals surface area (Å²) in [7, 11) is 0.